The smallest absolute Gasteiger partial charge is 0.254 e. The van der Waals surface area contributed by atoms with Crippen LogP contribution in [0.2, 0.25) is 0 Å². The molecule has 3 rings (SSSR count). The first-order valence-corrected chi connectivity index (χ1v) is 7.50. The summed E-state index contributed by atoms with van der Waals surface area (Å²) in [5.41, 5.74) is 2.55. The van der Waals surface area contributed by atoms with Crippen molar-refractivity contribution in [3.63, 3.8) is 0 Å². The molecule has 1 fully saturated rings. The Bertz CT molecular complexity index is 603. The molecule has 0 radical (unpaired) electrons. The highest BCUT2D eigenvalue weighted by Gasteiger charge is 2.27. The largest absolute Gasteiger partial charge is 0.350 e. The van der Waals surface area contributed by atoms with Crippen molar-refractivity contribution in [2.24, 2.45) is 0 Å². The van der Waals surface area contributed by atoms with Crippen molar-refractivity contribution in [2.75, 3.05) is 13.1 Å². The second kappa shape index (κ2) is 5.72. The maximum absolute atomic E-state index is 12.5. The molecular weight excluding hydrogens is 264 g/mol. The van der Waals surface area contributed by atoms with Gasteiger partial charge in [-0.1, -0.05) is 24.3 Å². The van der Waals surface area contributed by atoms with E-state index in [0.717, 1.165) is 29.5 Å². The van der Waals surface area contributed by atoms with Crippen LogP contribution in [-0.4, -0.2) is 35.8 Å². The van der Waals surface area contributed by atoms with Gasteiger partial charge in [-0.15, -0.1) is 0 Å². The number of nitrogens with zero attached hydrogens (tertiary/aromatic N) is 1. The number of hydrogen-bond acceptors (Lipinski definition) is 2. The van der Waals surface area contributed by atoms with Crippen LogP contribution in [-0.2, 0) is 4.79 Å². The molecule has 1 saturated carbocycles. The van der Waals surface area contributed by atoms with Gasteiger partial charge in [-0.3, -0.25) is 9.59 Å². The van der Waals surface area contributed by atoms with Gasteiger partial charge in [0.25, 0.3) is 5.91 Å². The van der Waals surface area contributed by atoms with Crippen LogP contribution in [0.1, 0.15) is 35.2 Å². The second-order valence-electron chi connectivity index (χ2n) is 5.79. The molecule has 4 nitrogen and oxygen atoms in total. The average molecular weight is 284 g/mol. The van der Waals surface area contributed by atoms with Crippen molar-refractivity contribution in [3.8, 4) is 0 Å². The Hall–Kier alpha value is -2.10. The van der Waals surface area contributed by atoms with Gasteiger partial charge < -0.3 is 10.2 Å². The van der Waals surface area contributed by atoms with Gasteiger partial charge in [0.05, 0.1) is 0 Å². The number of benzene rings is 1. The molecule has 21 heavy (non-hydrogen) atoms. The van der Waals surface area contributed by atoms with E-state index < -0.39 is 0 Å². The predicted octanol–water partition coefficient (Wildman–Crippen LogP) is 2.05. The topological polar surface area (TPSA) is 49.4 Å². The zero-order chi connectivity index (χ0) is 14.8. The average Bonchev–Trinajstić information content (AvgIpc) is 3.31. The third-order valence-corrected chi connectivity index (χ3v) is 4.08. The van der Waals surface area contributed by atoms with Gasteiger partial charge in [0.15, 0.2) is 0 Å². The summed E-state index contributed by atoms with van der Waals surface area (Å²) in [6.07, 6.45) is 4.71. The monoisotopic (exact) mass is 284 g/mol. The van der Waals surface area contributed by atoms with Crippen LogP contribution in [0.5, 0.6) is 0 Å². The van der Waals surface area contributed by atoms with Crippen LogP contribution >= 0.6 is 0 Å². The SMILES string of the molecule is Cc1ccccc1C(=O)N1CC=C(C(=O)NC2CC2)CC1. The fourth-order valence-corrected chi connectivity index (χ4v) is 2.55. The van der Waals surface area contributed by atoms with Crippen molar-refractivity contribution < 1.29 is 9.59 Å². The first kappa shape index (κ1) is 13.9. The van der Waals surface area contributed by atoms with Gasteiger partial charge in [0.2, 0.25) is 5.91 Å². The van der Waals surface area contributed by atoms with Gasteiger partial charge in [0.1, 0.15) is 0 Å². The second-order valence-corrected chi connectivity index (χ2v) is 5.79. The summed E-state index contributed by atoms with van der Waals surface area (Å²) in [5, 5.41) is 3.00. The molecule has 2 aliphatic rings. The molecule has 1 aromatic rings. The molecule has 1 heterocycles. The lowest BCUT2D eigenvalue weighted by Gasteiger charge is -2.26. The molecule has 2 amide bonds. The van der Waals surface area contributed by atoms with Crippen LogP contribution < -0.4 is 5.32 Å². The third kappa shape index (κ3) is 3.15. The van der Waals surface area contributed by atoms with E-state index in [2.05, 4.69) is 5.32 Å². The number of nitrogens with one attached hydrogen (secondary N) is 1. The van der Waals surface area contributed by atoms with Crippen LogP contribution in [0, 0.1) is 6.92 Å². The lowest BCUT2D eigenvalue weighted by molar-refractivity contribution is -0.117. The maximum atomic E-state index is 12.5. The van der Waals surface area contributed by atoms with Crippen molar-refractivity contribution in [2.45, 2.75) is 32.2 Å². The van der Waals surface area contributed by atoms with Crippen LogP contribution in [0.25, 0.3) is 0 Å². The summed E-state index contributed by atoms with van der Waals surface area (Å²) in [6.45, 7) is 3.07. The third-order valence-electron chi connectivity index (χ3n) is 4.08. The van der Waals surface area contributed by atoms with E-state index in [4.69, 9.17) is 0 Å². The summed E-state index contributed by atoms with van der Waals surface area (Å²) in [6, 6.07) is 8.00. The van der Waals surface area contributed by atoms with Crippen LogP contribution in [0.3, 0.4) is 0 Å². The molecule has 0 spiro atoms. The molecule has 110 valence electrons. The minimum atomic E-state index is 0.0421. The number of hydrogen-bond donors (Lipinski definition) is 1. The number of carbonyl (C=O) groups excluding carboxylic acids is 2. The summed E-state index contributed by atoms with van der Waals surface area (Å²) >= 11 is 0. The highest BCUT2D eigenvalue weighted by Crippen LogP contribution is 2.21. The lowest BCUT2D eigenvalue weighted by Crippen LogP contribution is -2.38. The molecule has 1 aliphatic carbocycles. The van der Waals surface area contributed by atoms with Crippen molar-refractivity contribution in [1.29, 1.82) is 0 Å². The van der Waals surface area contributed by atoms with Gasteiger partial charge >= 0.3 is 0 Å². The number of carbonyl (C=O) groups is 2. The predicted molar refractivity (Wildman–Crippen MR) is 80.9 cm³/mol. The standard InChI is InChI=1S/C17H20N2O2/c1-12-4-2-3-5-15(12)17(21)19-10-8-13(9-11-19)16(20)18-14-6-7-14/h2-5,8,14H,6-7,9-11H2,1H3,(H,18,20). The van der Waals surface area contributed by atoms with Gasteiger partial charge in [-0.2, -0.15) is 0 Å². The molecule has 1 N–H and O–H groups in total. The Morgan fingerprint density at radius 2 is 2.00 bits per heavy atom. The highest BCUT2D eigenvalue weighted by molar-refractivity contribution is 5.97. The van der Waals surface area contributed by atoms with Crippen LogP contribution in [0.15, 0.2) is 35.9 Å². The van der Waals surface area contributed by atoms with E-state index in [-0.39, 0.29) is 11.8 Å². The molecule has 0 atom stereocenters. The summed E-state index contributed by atoms with van der Waals surface area (Å²) < 4.78 is 0. The molecule has 0 aromatic heterocycles. The lowest BCUT2D eigenvalue weighted by atomic mass is 10.0. The zero-order valence-electron chi connectivity index (χ0n) is 12.3. The minimum Gasteiger partial charge on any atom is -0.350 e. The van der Waals surface area contributed by atoms with Gasteiger partial charge in [-0.05, 0) is 37.8 Å². The fourth-order valence-electron chi connectivity index (χ4n) is 2.55. The van der Waals surface area contributed by atoms with Crippen molar-refractivity contribution in [1.82, 2.24) is 10.2 Å². The maximum Gasteiger partial charge on any atom is 0.254 e. The Morgan fingerprint density at radius 3 is 2.62 bits per heavy atom. The Kier molecular flexibility index (Phi) is 3.78. The number of aryl methyl sites for hydroxylation is 1. The van der Waals surface area contributed by atoms with Gasteiger partial charge in [0, 0.05) is 30.3 Å². The normalized spacial score (nSPS) is 18.1. The summed E-state index contributed by atoms with van der Waals surface area (Å²) in [5.74, 6) is 0.0893. The highest BCUT2D eigenvalue weighted by atomic mass is 16.2. The van der Waals surface area contributed by atoms with Gasteiger partial charge in [-0.25, -0.2) is 0 Å². The fraction of sp³-hybridized carbons (Fsp3) is 0.412. The van der Waals surface area contributed by atoms with E-state index in [1.165, 1.54) is 0 Å². The molecule has 1 aromatic carbocycles. The molecule has 1 aliphatic heterocycles. The van der Waals surface area contributed by atoms with E-state index in [0.29, 0.717) is 25.6 Å². The first-order chi connectivity index (χ1) is 10.1. The van der Waals surface area contributed by atoms with Crippen molar-refractivity contribution >= 4 is 11.8 Å². The van der Waals surface area contributed by atoms with Crippen molar-refractivity contribution in [3.05, 3.63) is 47.0 Å². The van der Waals surface area contributed by atoms with E-state index in [1.54, 1.807) is 4.90 Å². The summed E-state index contributed by atoms with van der Waals surface area (Å²) in [4.78, 5) is 26.2. The zero-order valence-corrected chi connectivity index (χ0v) is 12.3. The first-order valence-electron chi connectivity index (χ1n) is 7.50. The van der Waals surface area contributed by atoms with E-state index in [1.807, 2.05) is 37.3 Å². The Morgan fingerprint density at radius 1 is 1.24 bits per heavy atom. The minimum absolute atomic E-state index is 0.0421. The van der Waals surface area contributed by atoms with E-state index >= 15 is 0 Å². The molecule has 4 heteroatoms. The summed E-state index contributed by atoms with van der Waals surface area (Å²) in [7, 11) is 0. The number of amides is 2. The molecule has 0 unspecified atom stereocenters. The Labute approximate surface area is 124 Å². The van der Waals surface area contributed by atoms with Crippen LogP contribution in [0.4, 0.5) is 0 Å². The Balaban J connectivity index is 1.64. The molecule has 0 saturated heterocycles. The quantitative estimate of drug-likeness (QED) is 0.923. The molecular formula is C17H20N2O2. The number of rotatable bonds is 3. The molecule has 0 bridgehead atoms. The van der Waals surface area contributed by atoms with E-state index in [9.17, 15) is 9.59 Å².